The molecule has 0 radical (unpaired) electrons. The van der Waals surface area contributed by atoms with Gasteiger partial charge in [-0.1, -0.05) is 18.2 Å². The van der Waals surface area contributed by atoms with Crippen molar-refractivity contribution in [2.75, 3.05) is 37.5 Å². The SMILES string of the molecule is COCCOc1ccccc1CNc1ncc(C#N)c(NCC23CC4CC(C2)C(N)C(C4)C3)n1. The molecule has 8 nitrogen and oxygen atoms in total. The van der Waals surface area contributed by atoms with Crippen LogP contribution in [-0.4, -0.2) is 42.9 Å². The molecule has 1 aromatic heterocycles. The third kappa shape index (κ3) is 4.68. The highest BCUT2D eigenvalue weighted by molar-refractivity contribution is 5.53. The molecule has 180 valence electrons. The first-order chi connectivity index (χ1) is 16.6. The maximum absolute atomic E-state index is 9.62. The fourth-order valence-electron chi connectivity index (χ4n) is 6.60. The second-order valence-electron chi connectivity index (χ2n) is 10.3. The lowest BCUT2D eigenvalue weighted by Gasteiger charge is -2.59. The molecular weight excluding hydrogens is 428 g/mol. The number of anilines is 2. The fraction of sp³-hybridized carbons (Fsp3) is 0.577. The second kappa shape index (κ2) is 9.77. The van der Waals surface area contributed by atoms with Gasteiger partial charge in [-0.25, -0.2) is 4.98 Å². The van der Waals surface area contributed by atoms with E-state index in [1.807, 2.05) is 24.3 Å². The van der Waals surface area contributed by atoms with E-state index in [-0.39, 0.29) is 5.41 Å². The number of para-hydroxylation sites is 1. The van der Waals surface area contributed by atoms with E-state index in [2.05, 4.69) is 26.7 Å². The van der Waals surface area contributed by atoms with Crippen LogP contribution in [0.1, 0.15) is 43.2 Å². The zero-order chi connectivity index (χ0) is 23.5. The van der Waals surface area contributed by atoms with Gasteiger partial charge in [0.25, 0.3) is 0 Å². The van der Waals surface area contributed by atoms with E-state index in [9.17, 15) is 5.26 Å². The number of nitrogens with two attached hydrogens (primary N) is 1. The summed E-state index contributed by atoms with van der Waals surface area (Å²) in [4.78, 5) is 9.01. The van der Waals surface area contributed by atoms with E-state index in [4.69, 9.17) is 15.2 Å². The van der Waals surface area contributed by atoms with E-state index in [1.165, 1.54) is 32.1 Å². The number of benzene rings is 1. The monoisotopic (exact) mass is 462 g/mol. The summed E-state index contributed by atoms with van der Waals surface area (Å²) in [5.74, 6) is 4.00. The number of nitrogens with zero attached hydrogens (tertiary/aromatic N) is 3. The van der Waals surface area contributed by atoms with E-state index in [0.717, 1.165) is 23.8 Å². The van der Waals surface area contributed by atoms with Gasteiger partial charge in [0.2, 0.25) is 5.95 Å². The third-order valence-corrected chi connectivity index (χ3v) is 7.97. The van der Waals surface area contributed by atoms with Crippen LogP contribution in [0, 0.1) is 34.5 Å². The normalized spacial score (nSPS) is 29.0. The molecule has 1 aromatic carbocycles. The molecule has 4 N–H and O–H groups in total. The van der Waals surface area contributed by atoms with Gasteiger partial charge < -0.3 is 25.8 Å². The maximum Gasteiger partial charge on any atom is 0.224 e. The topological polar surface area (TPSA) is 118 Å². The van der Waals surface area contributed by atoms with Crippen LogP contribution in [0.15, 0.2) is 30.5 Å². The third-order valence-electron chi connectivity index (χ3n) is 7.97. The summed E-state index contributed by atoms with van der Waals surface area (Å²) in [6.07, 6.45) is 7.81. The average Bonchev–Trinajstić information content (AvgIpc) is 2.85. The van der Waals surface area contributed by atoms with Gasteiger partial charge >= 0.3 is 0 Å². The van der Waals surface area contributed by atoms with Gasteiger partial charge in [-0.2, -0.15) is 10.2 Å². The Hall–Kier alpha value is -2.89. The Kier molecular flexibility index (Phi) is 6.57. The van der Waals surface area contributed by atoms with E-state index >= 15 is 0 Å². The van der Waals surface area contributed by atoms with Crippen LogP contribution >= 0.6 is 0 Å². The van der Waals surface area contributed by atoms with E-state index < -0.39 is 0 Å². The van der Waals surface area contributed by atoms with Crippen LogP contribution in [0.3, 0.4) is 0 Å². The Morgan fingerprint density at radius 2 is 1.94 bits per heavy atom. The molecule has 4 bridgehead atoms. The molecule has 0 saturated heterocycles. The first-order valence-corrected chi connectivity index (χ1v) is 12.3. The highest BCUT2D eigenvalue weighted by atomic mass is 16.5. The van der Waals surface area contributed by atoms with Gasteiger partial charge in [0.15, 0.2) is 0 Å². The van der Waals surface area contributed by atoms with Gasteiger partial charge in [0.05, 0.1) is 12.8 Å². The van der Waals surface area contributed by atoms with Crippen LogP contribution in [0.5, 0.6) is 5.75 Å². The largest absolute Gasteiger partial charge is 0.491 e. The quantitative estimate of drug-likeness (QED) is 0.459. The Bertz CT molecular complexity index is 1040. The molecule has 4 aliphatic carbocycles. The van der Waals surface area contributed by atoms with Crippen molar-refractivity contribution in [2.45, 2.75) is 44.7 Å². The Morgan fingerprint density at radius 3 is 2.71 bits per heavy atom. The number of aromatic nitrogens is 2. The Balaban J connectivity index is 1.25. The zero-order valence-electron chi connectivity index (χ0n) is 19.8. The summed E-state index contributed by atoms with van der Waals surface area (Å²) in [5, 5.41) is 16.4. The van der Waals surface area contributed by atoms with Crippen molar-refractivity contribution >= 4 is 11.8 Å². The molecular formula is C26H34N6O2. The Morgan fingerprint density at radius 1 is 1.15 bits per heavy atom. The molecule has 8 heteroatoms. The minimum absolute atomic E-state index is 0.274. The standard InChI is InChI=1S/C26H34N6O2/c1-33-6-7-34-22-5-3-2-4-18(22)14-29-25-30-15-21(13-27)24(32-25)31-16-26-10-17-8-19(11-26)23(28)20(9-17)12-26/h2-5,15,17,19-20,23H,6-12,14,16,28H2,1H3,(H2,29,30,31,32). The van der Waals surface area contributed by atoms with Gasteiger partial charge in [0.1, 0.15) is 29.8 Å². The molecule has 2 unspecified atom stereocenters. The van der Waals surface area contributed by atoms with Gasteiger partial charge in [-0.15, -0.1) is 0 Å². The van der Waals surface area contributed by atoms with Crippen molar-refractivity contribution < 1.29 is 9.47 Å². The van der Waals surface area contributed by atoms with Crippen LogP contribution in [-0.2, 0) is 11.3 Å². The van der Waals surface area contributed by atoms with Gasteiger partial charge in [0, 0.05) is 31.8 Å². The number of nitrogens with one attached hydrogen (secondary N) is 2. The predicted molar refractivity (Wildman–Crippen MR) is 130 cm³/mol. The predicted octanol–water partition coefficient (Wildman–Crippen LogP) is 3.55. The van der Waals surface area contributed by atoms with Crippen molar-refractivity contribution in [3.8, 4) is 11.8 Å². The highest BCUT2D eigenvalue weighted by Crippen LogP contribution is 2.59. The summed E-state index contributed by atoms with van der Waals surface area (Å²) < 4.78 is 10.9. The summed E-state index contributed by atoms with van der Waals surface area (Å²) in [7, 11) is 1.66. The average molecular weight is 463 g/mol. The van der Waals surface area contributed by atoms with Crippen molar-refractivity contribution in [1.29, 1.82) is 5.26 Å². The van der Waals surface area contributed by atoms with Crippen molar-refractivity contribution in [3.63, 3.8) is 0 Å². The van der Waals surface area contributed by atoms with Crippen LogP contribution in [0.2, 0.25) is 0 Å². The fourth-order valence-corrected chi connectivity index (χ4v) is 6.60. The summed E-state index contributed by atoms with van der Waals surface area (Å²) in [6, 6.07) is 10.5. The molecule has 4 fully saturated rings. The molecule has 34 heavy (non-hydrogen) atoms. The molecule has 0 amide bonds. The molecule has 4 saturated carbocycles. The molecule has 6 rings (SSSR count). The maximum atomic E-state index is 9.62. The van der Waals surface area contributed by atoms with Gasteiger partial charge in [-0.3, -0.25) is 0 Å². The van der Waals surface area contributed by atoms with Crippen LogP contribution < -0.4 is 21.1 Å². The number of hydrogen-bond donors (Lipinski definition) is 3. The number of ether oxygens (including phenoxy) is 2. The molecule has 0 aliphatic heterocycles. The lowest BCUT2D eigenvalue weighted by atomic mass is 9.48. The molecule has 0 spiro atoms. The molecule has 2 aromatic rings. The summed E-state index contributed by atoms with van der Waals surface area (Å²) in [6.45, 7) is 2.38. The minimum Gasteiger partial charge on any atom is -0.491 e. The number of methoxy groups -OCH3 is 1. The molecule has 4 aliphatic rings. The number of nitriles is 1. The molecule has 2 atom stereocenters. The first kappa shape index (κ1) is 22.9. The van der Waals surface area contributed by atoms with Gasteiger partial charge in [-0.05, 0) is 61.3 Å². The minimum atomic E-state index is 0.274. The Labute approximate surface area is 201 Å². The van der Waals surface area contributed by atoms with Crippen molar-refractivity contribution in [1.82, 2.24) is 9.97 Å². The number of hydrogen-bond acceptors (Lipinski definition) is 8. The molecule has 1 heterocycles. The lowest BCUT2D eigenvalue weighted by molar-refractivity contribution is -0.0591. The van der Waals surface area contributed by atoms with E-state index in [0.29, 0.717) is 55.0 Å². The smallest absolute Gasteiger partial charge is 0.224 e. The van der Waals surface area contributed by atoms with Crippen LogP contribution in [0.25, 0.3) is 0 Å². The highest BCUT2D eigenvalue weighted by Gasteiger charge is 2.54. The zero-order valence-corrected chi connectivity index (χ0v) is 19.8. The first-order valence-electron chi connectivity index (χ1n) is 12.3. The summed E-state index contributed by atoms with van der Waals surface area (Å²) in [5.41, 5.74) is 8.26. The second-order valence-corrected chi connectivity index (χ2v) is 10.3. The van der Waals surface area contributed by atoms with E-state index in [1.54, 1.807) is 13.3 Å². The van der Waals surface area contributed by atoms with Crippen molar-refractivity contribution in [3.05, 3.63) is 41.6 Å². The van der Waals surface area contributed by atoms with Crippen molar-refractivity contribution in [2.24, 2.45) is 28.9 Å². The summed E-state index contributed by atoms with van der Waals surface area (Å²) >= 11 is 0. The lowest BCUT2D eigenvalue weighted by Crippen LogP contribution is -2.58. The van der Waals surface area contributed by atoms with Crippen LogP contribution in [0.4, 0.5) is 11.8 Å². The number of rotatable bonds is 10.